The van der Waals surface area contributed by atoms with E-state index in [2.05, 4.69) is 21.4 Å². The summed E-state index contributed by atoms with van der Waals surface area (Å²) in [4.78, 5) is 20.6. The number of anilines is 1. The molecule has 0 spiro atoms. The SMILES string of the molecule is Cc1[nH]c2ccccc2c1C=Nc1ccc2c(c1)C(=O)Nc1ccccc1O2. The third-order valence-electron chi connectivity index (χ3n) is 4.85. The highest BCUT2D eigenvalue weighted by molar-refractivity contribution is 6.08. The predicted octanol–water partition coefficient (Wildman–Crippen LogP) is 5.58. The molecular formula is C23H17N3O2. The zero-order valence-corrected chi connectivity index (χ0v) is 15.2. The zero-order valence-electron chi connectivity index (χ0n) is 15.2. The molecule has 4 aromatic rings. The second kappa shape index (κ2) is 6.39. The minimum Gasteiger partial charge on any atom is -0.454 e. The van der Waals surface area contributed by atoms with Crippen molar-refractivity contribution in [1.29, 1.82) is 0 Å². The minimum absolute atomic E-state index is 0.208. The second-order valence-corrected chi connectivity index (χ2v) is 6.70. The van der Waals surface area contributed by atoms with Crippen LogP contribution in [0.25, 0.3) is 10.9 Å². The standard InChI is InChI=1S/C23H17N3O2/c1-14-18(16-6-2-3-7-19(16)25-14)13-24-15-10-11-21-17(12-15)23(27)26-20-8-4-5-9-22(20)28-21/h2-13,25H,1H3,(H,26,27). The average Bonchev–Trinajstić information content (AvgIpc) is 2.95. The van der Waals surface area contributed by atoms with Crippen molar-refractivity contribution >= 4 is 34.4 Å². The number of nitrogens with zero attached hydrogens (tertiary/aromatic N) is 1. The number of aliphatic imine (C=N–C) groups is 1. The molecule has 0 saturated carbocycles. The number of carbonyl (C=O) groups excluding carboxylic acids is 1. The van der Waals surface area contributed by atoms with Crippen LogP contribution in [0.3, 0.4) is 0 Å². The fraction of sp³-hybridized carbons (Fsp3) is 0.0435. The topological polar surface area (TPSA) is 66.5 Å². The molecule has 0 bridgehead atoms. The molecule has 3 aromatic carbocycles. The maximum Gasteiger partial charge on any atom is 0.259 e. The number of amides is 1. The molecule has 0 saturated heterocycles. The number of rotatable bonds is 2. The van der Waals surface area contributed by atoms with Gasteiger partial charge in [-0.05, 0) is 43.3 Å². The van der Waals surface area contributed by atoms with Crippen LogP contribution in [0.5, 0.6) is 11.5 Å². The van der Waals surface area contributed by atoms with Crippen LogP contribution >= 0.6 is 0 Å². The van der Waals surface area contributed by atoms with Gasteiger partial charge in [0.2, 0.25) is 0 Å². The Hall–Kier alpha value is -3.86. The van der Waals surface area contributed by atoms with E-state index in [-0.39, 0.29) is 5.91 Å². The normalized spacial score (nSPS) is 13.0. The van der Waals surface area contributed by atoms with Gasteiger partial charge in [0.15, 0.2) is 5.75 Å². The Kier molecular flexibility index (Phi) is 3.72. The number of nitrogens with one attached hydrogen (secondary N) is 2. The van der Waals surface area contributed by atoms with Crippen LogP contribution in [-0.4, -0.2) is 17.1 Å². The zero-order chi connectivity index (χ0) is 19.1. The summed E-state index contributed by atoms with van der Waals surface area (Å²) in [5, 5.41) is 4.01. The summed E-state index contributed by atoms with van der Waals surface area (Å²) < 4.78 is 5.91. The van der Waals surface area contributed by atoms with Gasteiger partial charge in [0.25, 0.3) is 5.91 Å². The molecule has 0 atom stereocenters. The van der Waals surface area contributed by atoms with Crippen molar-refractivity contribution in [3.63, 3.8) is 0 Å². The first kappa shape index (κ1) is 16.3. The van der Waals surface area contributed by atoms with Gasteiger partial charge >= 0.3 is 0 Å². The highest BCUT2D eigenvalue weighted by Gasteiger charge is 2.20. The van der Waals surface area contributed by atoms with Crippen LogP contribution in [0.2, 0.25) is 0 Å². The van der Waals surface area contributed by atoms with Gasteiger partial charge < -0.3 is 15.0 Å². The molecule has 1 aliphatic heterocycles. The van der Waals surface area contributed by atoms with Gasteiger partial charge in [-0.2, -0.15) is 0 Å². The number of fused-ring (bicyclic) bond motifs is 3. The maximum atomic E-state index is 12.6. The Balaban J connectivity index is 1.51. The third kappa shape index (κ3) is 2.74. The first-order chi connectivity index (χ1) is 13.7. The smallest absolute Gasteiger partial charge is 0.259 e. The molecule has 0 radical (unpaired) electrons. The van der Waals surface area contributed by atoms with Gasteiger partial charge in [0, 0.05) is 28.4 Å². The fourth-order valence-corrected chi connectivity index (χ4v) is 3.44. The quantitative estimate of drug-likeness (QED) is 0.454. The summed E-state index contributed by atoms with van der Waals surface area (Å²) in [5.41, 5.74) is 4.97. The summed E-state index contributed by atoms with van der Waals surface area (Å²) in [5.74, 6) is 0.935. The van der Waals surface area contributed by atoms with Crippen molar-refractivity contribution in [2.75, 3.05) is 5.32 Å². The van der Waals surface area contributed by atoms with E-state index < -0.39 is 0 Å². The van der Waals surface area contributed by atoms with Crippen molar-refractivity contribution in [1.82, 2.24) is 4.98 Å². The van der Waals surface area contributed by atoms with Gasteiger partial charge in [-0.25, -0.2) is 0 Å². The molecule has 0 aliphatic carbocycles. The van der Waals surface area contributed by atoms with E-state index >= 15 is 0 Å². The van der Waals surface area contributed by atoms with Gasteiger partial charge in [-0.15, -0.1) is 0 Å². The molecule has 1 aliphatic rings. The van der Waals surface area contributed by atoms with E-state index in [1.165, 1.54) is 0 Å². The van der Waals surface area contributed by atoms with Crippen molar-refractivity contribution in [2.45, 2.75) is 6.92 Å². The molecule has 2 heterocycles. The van der Waals surface area contributed by atoms with Crippen LogP contribution in [0.15, 0.2) is 71.7 Å². The predicted molar refractivity (Wildman–Crippen MR) is 111 cm³/mol. The monoisotopic (exact) mass is 367 g/mol. The number of ether oxygens (including phenoxy) is 1. The van der Waals surface area contributed by atoms with Gasteiger partial charge in [0.1, 0.15) is 5.75 Å². The number of hydrogen-bond donors (Lipinski definition) is 2. The van der Waals surface area contributed by atoms with Crippen LogP contribution in [0.1, 0.15) is 21.6 Å². The number of H-pyrrole nitrogens is 1. The number of para-hydroxylation sites is 3. The lowest BCUT2D eigenvalue weighted by molar-refractivity contribution is 0.102. The van der Waals surface area contributed by atoms with Gasteiger partial charge in [-0.3, -0.25) is 9.79 Å². The number of hydrogen-bond acceptors (Lipinski definition) is 3. The first-order valence-corrected chi connectivity index (χ1v) is 9.03. The average molecular weight is 367 g/mol. The molecule has 2 N–H and O–H groups in total. The Morgan fingerprint density at radius 3 is 2.71 bits per heavy atom. The van der Waals surface area contributed by atoms with Crippen LogP contribution in [-0.2, 0) is 0 Å². The lowest BCUT2D eigenvalue weighted by Crippen LogP contribution is -2.10. The summed E-state index contributed by atoms with van der Waals surface area (Å²) >= 11 is 0. The summed E-state index contributed by atoms with van der Waals surface area (Å²) in [7, 11) is 0. The first-order valence-electron chi connectivity index (χ1n) is 9.03. The molecule has 5 rings (SSSR count). The summed E-state index contributed by atoms with van der Waals surface area (Å²) in [6.07, 6.45) is 1.83. The lowest BCUT2D eigenvalue weighted by atomic mass is 10.1. The third-order valence-corrected chi connectivity index (χ3v) is 4.85. The van der Waals surface area contributed by atoms with Gasteiger partial charge in [0.05, 0.1) is 16.9 Å². The van der Waals surface area contributed by atoms with Crippen LogP contribution < -0.4 is 10.1 Å². The Bertz CT molecular complexity index is 1250. The van der Waals surface area contributed by atoms with E-state index in [1.807, 2.05) is 61.7 Å². The Labute approximate surface area is 161 Å². The maximum absolute atomic E-state index is 12.6. The van der Waals surface area contributed by atoms with Gasteiger partial charge in [-0.1, -0.05) is 30.3 Å². The van der Waals surface area contributed by atoms with Crippen molar-refractivity contribution < 1.29 is 9.53 Å². The molecule has 5 heteroatoms. The van der Waals surface area contributed by atoms with Crippen LogP contribution in [0, 0.1) is 6.92 Å². The molecule has 0 unspecified atom stereocenters. The fourth-order valence-electron chi connectivity index (χ4n) is 3.44. The number of aromatic nitrogens is 1. The highest BCUT2D eigenvalue weighted by atomic mass is 16.5. The van der Waals surface area contributed by atoms with Crippen molar-refractivity contribution in [3.05, 3.63) is 83.6 Å². The van der Waals surface area contributed by atoms with E-state index in [1.54, 1.807) is 12.1 Å². The Morgan fingerprint density at radius 1 is 0.964 bits per heavy atom. The summed E-state index contributed by atoms with van der Waals surface area (Å²) in [6.45, 7) is 2.02. The molecule has 5 nitrogen and oxygen atoms in total. The minimum atomic E-state index is -0.208. The van der Waals surface area contributed by atoms with E-state index in [0.29, 0.717) is 28.4 Å². The molecule has 1 amide bonds. The van der Waals surface area contributed by atoms with Crippen molar-refractivity contribution in [2.24, 2.45) is 4.99 Å². The largest absolute Gasteiger partial charge is 0.454 e. The molecular weight excluding hydrogens is 350 g/mol. The number of benzene rings is 3. The molecule has 28 heavy (non-hydrogen) atoms. The summed E-state index contributed by atoms with van der Waals surface area (Å²) in [6, 6.07) is 20.9. The lowest BCUT2D eigenvalue weighted by Gasteiger charge is -2.07. The molecule has 1 aromatic heterocycles. The highest BCUT2D eigenvalue weighted by Crippen LogP contribution is 2.36. The second-order valence-electron chi connectivity index (χ2n) is 6.70. The van der Waals surface area contributed by atoms with Crippen molar-refractivity contribution in [3.8, 4) is 11.5 Å². The Morgan fingerprint density at radius 2 is 1.79 bits per heavy atom. The number of aryl methyl sites for hydroxylation is 1. The number of carbonyl (C=O) groups is 1. The van der Waals surface area contributed by atoms with E-state index in [9.17, 15) is 4.79 Å². The van der Waals surface area contributed by atoms with E-state index in [0.717, 1.165) is 22.2 Å². The number of aromatic amines is 1. The molecule has 0 fully saturated rings. The van der Waals surface area contributed by atoms with Crippen LogP contribution in [0.4, 0.5) is 11.4 Å². The molecule has 136 valence electrons. The van der Waals surface area contributed by atoms with E-state index in [4.69, 9.17) is 4.74 Å².